The van der Waals surface area contributed by atoms with Crippen LogP contribution in [0.2, 0.25) is 0 Å². The lowest BCUT2D eigenvalue weighted by Gasteiger charge is -2.31. The summed E-state index contributed by atoms with van der Waals surface area (Å²) in [7, 11) is 3.55. The van der Waals surface area contributed by atoms with E-state index in [1.807, 2.05) is 0 Å². The Hall–Kier alpha value is -1.79. The van der Waals surface area contributed by atoms with E-state index in [9.17, 15) is 14.9 Å². The lowest BCUT2D eigenvalue weighted by molar-refractivity contribution is -0.730. The Morgan fingerprint density at radius 1 is 1.09 bits per heavy atom. The molecule has 1 N–H and O–H groups in total. The highest BCUT2D eigenvalue weighted by atomic mass is 32.2. The van der Waals surface area contributed by atoms with Crippen molar-refractivity contribution in [2.24, 2.45) is 10.9 Å². The second-order valence-electron chi connectivity index (χ2n) is 9.23. The number of hydrogen-bond acceptors (Lipinski definition) is 7. The SMILES string of the molecule is CCCCNC(=NCCCC(SCC1CCCCC1)(C(=O)OCC)C(=O)OCC)[N+](C)(C)C#N. The molecule has 34 heavy (non-hydrogen) atoms. The molecule has 0 amide bonds. The predicted molar refractivity (Wildman–Crippen MR) is 137 cm³/mol. The highest BCUT2D eigenvalue weighted by Gasteiger charge is 2.49. The first-order valence-corrected chi connectivity index (χ1v) is 13.8. The molecule has 1 saturated carbocycles. The molecule has 0 unspecified atom stereocenters. The Labute approximate surface area is 210 Å². The van der Waals surface area contributed by atoms with Crippen LogP contribution in [0.4, 0.5) is 0 Å². The number of nitriles is 1. The minimum atomic E-state index is -1.38. The fraction of sp³-hybridized carbons (Fsp3) is 0.840. The van der Waals surface area contributed by atoms with E-state index < -0.39 is 16.7 Å². The average molecular weight is 498 g/mol. The lowest BCUT2D eigenvalue weighted by atomic mass is 9.91. The van der Waals surface area contributed by atoms with E-state index >= 15 is 0 Å². The molecule has 0 aromatic heterocycles. The van der Waals surface area contributed by atoms with Gasteiger partial charge in [-0.2, -0.15) is 4.48 Å². The van der Waals surface area contributed by atoms with Crippen LogP contribution < -0.4 is 5.32 Å². The number of esters is 2. The van der Waals surface area contributed by atoms with Crippen molar-refractivity contribution in [1.82, 2.24) is 5.32 Å². The third kappa shape index (κ3) is 9.46. The van der Waals surface area contributed by atoms with E-state index in [1.54, 1.807) is 27.9 Å². The van der Waals surface area contributed by atoms with Crippen molar-refractivity contribution in [2.45, 2.75) is 83.3 Å². The van der Waals surface area contributed by atoms with Gasteiger partial charge < -0.3 is 14.8 Å². The number of carbonyl (C=O) groups excluding carboxylic acids is 2. The van der Waals surface area contributed by atoms with Gasteiger partial charge in [0.05, 0.1) is 27.3 Å². The van der Waals surface area contributed by atoms with Crippen molar-refractivity contribution < 1.29 is 23.5 Å². The second kappa shape index (κ2) is 16.0. The summed E-state index contributed by atoms with van der Waals surface area (Å²) in [4.78, 5) is 30.9. The number of hydrogen-bond donors (Lipinski definition) is 1. The summed E-state index contributed by atoms with van der Waals surface area (Å²) >= 11 is 1.39. The van der Waals surface area contributed by atoms with Crippen molar-refractivity contribution in [3.63, 3.8) is 0 Å². The lowest BCUT2D eigenvalue weighted by Crippen LogP contribution is -2.49. The molecule has 0 heterocycles. The van der Waals surface area contributed by atoms with Gasteiger partial charge in [0, 0.05) is 13.1 Å². The third-order valence-electron chi connectivity index (χ3n) is 6.04. The molecule has 0 radical (unpaired) electrons. The summed E-state index contributed by atoms with van der Waals surface area (Å²) in [5.41, 5.74) is 0. The Balaban J connectivity index is 3.02. The molecule has 0 aromatic carbocycles. The summed E-state index contributed by atoms with van der Waals surface area (Å²) in [6.45, 7) is 7.16. The molecule has 1 fully saturated rings. The van der Waals surface area contributed by atoms with E-state index in [4.69, 9.17) is 9.47 Å². The van der Waals surface area contributed by atoms with Crippen molar-refractivity contribution in [3.05, 3.63) is 0 Å². The van der Waals surface area contributed by atoms with Crippen molar-refractivity contribution in [3.8, 4) is 6.19 Å². The van der Waals surface area contributed by atoms with Gasteiger partial charge in [-0.3, -0.25) is 0 Å². The molecule has 0 bridgehead atoms. The van der Waals surface area contributed by atoms with Gasteiger partial charge in [0.2, 0.25) is 4.75 Å². The van der Waals surface area contributed by atoms with E-state index in [-0.39, 0.29) is 24.1 Å². The zero-order chi connectivity index (χ0) is 25.5. The molecule has 1 aliphatic carbocycles. The molecule has 0 atom stereocenters. The van der Waals surface area contributed by atoms with Crippen LogP contribution in [-0.4, -0.2) is 73.3 Å². The Kier molecular flexibility index (Phi) is 14.2. The standard InChI is InChI=1S/C25H45N4O4S/c1-6-9-17-27-24(29(4,5)20-26)28-18-13-16-25(22(30)32-7-2,23(31)33-8-3)34-19-21-14-11-10-12-15-21/h21H,6-19H2,1-5H3,(H,27,28)/q+1. The topological polar surface area (TPSA) is 101 Å². The van der Waals surface area contributed by atoms with Gasteiger partial charge in [-0.1, -0.05) is 32.6 Å². The maximum absolute atomic E-state index is 13.1. The van der Waals surface area contributed by atoms with Crippen LogP contribution in [0.15, 0.2) is 4.99 Å². The average Bonchev–Trinajstić information content (AvgIpc) is 2.83. The van der Waals surface area contributed by atoms with Gasteiger partial charge in [-0.15, -0.1) is 17.0 Å². The molecule has 9 heteroatoms. The molecule has 0 aliphatic heterocycles. The molecule has 1 aliphatic rings. The van der Waals surface area contributed by atoms with Crippen LogP contribution in [0.1, 0.15) is 78.6 Å². The minimum Gasteiger partial charge on any atom is -0.465 e. The van der Waals surface area contributed by atoms with E-state index in [0.29, 0.717) is 24.8 Å². The smallest absolute Gasteiger partial charge is 0.333 e. The van der Waals surface area contributed by atoms with Crippen molar-refractivity contribution in [2.75, 3.05) is 46.2 Å². The Bertz CT molecular complexity index is 682. The maximum Gasteiger partial charge on any atom is 0.333 e. The number of carbonyl (C=O) groups is 2. The molecular weight excluding hydrogens is 452 g/mol. The van der Waals surface area contributed by atoms with Crippen LogP contribution in [-0.2, 0) is 19.1 Å². The fourth-order valence-electron chi connectivity index (χ4n) is 3.95. The van der Waals surface area contributed by atoms with Gasteiger partial charge >= 0.3 is 24.1 Å². The van der Waals surface area contributed by atoms with Crippen LogP contribution in [0, 0.1) is 17.4 Å². The van der Waals surface area contributed by atoms with Crippen LogP contribution >= 0.6 is 11.8 Å². The molecule has 8 nitrogen and oxygen atoms in total. The normalized spacial score (nSPS) is 15.5. The van der Waals surface area contributed by atoms with Crippen molar-refractivity contribution in [1.29, 1.82) is 5.26 Å². The van der Waals surface area contributed by atoms with Gasteiger partial charge in [-0.25, -0.2) is 14.6 Å². The van der Waals surface area contributed by atoms with Gasteiger partial charge in [0.25, 0.3) is 0 Å². The maximum atomic E-state index is 13.1. The summed E-state index contributed by atoms with van der Waals surface area (Å²) in [5, 5.41) is 12.8. The Morgan fingerprint density at radius 2 is 1.71 bits per heavy atom. The highest BCUT2D eigenvalue weighted by molar-refractivity contribution is 8.02. The molecule has 0 spiro atoms. The zero-order valence-electron chi connectivity index (χ0n) is 21.9. The molecule has 0 aromatic rings. The first-order chi connectivity index (χ1) is 16.3. The Morgan fingerprint density at radius 3 is 2.24 bits per heavy atom. The monoisotopic (exact) mass is 497 g/mol. The zero-order valence-corrected chi connectivity index (χ0v) is 22.7. The second-order valence-corrected chi connectivity index (χ2v) is 10.5. The van der Waals surface area contributed by atoms with Gasteiger partial charge in [-0.05, 0) is 57.6 Å². The number of nitrogens with one attached hydrogen (secondary N) is 1. The third-order valence-corrected chi connectivity index (χ3v) is 7.71. The summed E-state index contributed by atoms with van der Waals surface area (Å²) < 4.78 is 9.34. The van der Waals surface area contributed by atoms with E-state index in [2.05, 4.69) is 23.4 Å². The number of guanidine groups is 1. The van der Waals surface area contributed by atoms with E-state index in [0.717, 1.165) is 38.0 Å². The summed E-state index contributed by atoms with van der Waals surface area (Å²) in [6, 6.07) is 0. The summed E-state index contributed by atoms with van der Waals surface area (Å²) in [6.07, 6.45) is 11.0. The van der Waals surface area contributed by atoms with Crippen LogP contribution in [0.3, 0.4) is 0 Å². The highest BCUT2D eigenvalue weighted by Crippen LogP contribution is 2.38. The molecular formula is C25H45N4O4S+. The minimum absolute atomic E-state index is 0.0267. The van der Waals surface area contributed by atoms with Gasteiger partial charge in [0.15, 0.2) is 0 Å². The quantitative estimate of drug-likeness (QED) is 0.0728. The van der Waals surface area contributed by atoms with Crippen LogP contribution in [0.25, 0.3) is 0 Å². The molecule has 0 saturated heterocycles. The van der Waals surface area contributed by atoms with Crippen molar-refractivity contribution >= 4 is 29.7 Å². The van der Waals surface area contributed by atoms with E-state index in [1.165, 1.54) is 31.0 Å². The predicted octanol–water partition coefficient (Wildman–Crippen LogP) is 4.25. The first kappa shape index (κ1) is 30.2. The summed E-state index contributed by atoms with van der Waals surface area (Å²) in [5.74, 6) is 0.787. The largest absolute Gasteiger partial charge is 0.465 e. The van der Waals surface area contributed by atoms with Crippen LogP contribution in [0.5, 0.6) is 0 Å². The number of ether oxygens (including phenoxy) is 2. The number of quaternary nitrogens is 1. The molecule has 1 rings (SSSR count). The number of nitrogens with zero attached hydrogens (tertiary/aromatic N) is 3. The first-order valence-electron chi connectivity index (χ1n) is 12.8. The number of rotatable bonds is 14. The van der Waals surface area contributed by atoms with Gasteiger partial charge in [0.1, 0.15) is 0 Å². The molecule has 194 valence electrons. The number of unbranched alkanes of at least 4 members (excludes halogenated alkanes) is 1. The number of thioether (sulfide) groups is 1. The fourth-order valence-corrected chi connectivity index (χ4v) is 5.45. The number of aliphatic imine (C=N–C) groups is 1.